The number of hydrogen-bond acceptors (Lipinski definition) is 3. The van der Waals surface area contributed by atoms with Crippen LogP contribution in [-0.2, 0) is 4.79 Å². The molecule has 1 amide bonds. The second-order valence-electron chi connectivity index (χ2n) is 6.24. The van der Waals surface area contributed by atoms with E-state index in [0.717, 1.165) is 12.8 Å². The molecule has 0 bridgehead atoms. The average Bonchev–Trinajstić information content (AvgIpc) is 2.18. The molecule has 4 nitrogen and oxygen atoms in total. The fourth-order valence-corrected chi connectivity index (χ4v) is 2.72. The Bertz CT molecular complexity index is 299. The molecule has 98 valence electrons. The molecule has 1 aliphatic carbocycles. The highest BCUT2D eigenvalue weighted by Gasteiger charge is 2.47. The van der Waals surface area contributed by atoms with Gasteiger partial charge < -0.3 is 15.7 Å². The first-order chi connectivity index (χ1) is 7.91. The van der Waals surface area contributed by atoms with Crippen molar-refractivity contribution in [2.45, 2.75) is 45.1 Å². The van der Waals surface area contributed by atoms with E-state index in [2.05, 4.69) is 0 Å². The number of nitrogens with two attached hydrogens (primary N) is 1. The summed E-state index contributed by atoms with van der Waals surface area (Å²) < 4.78 is 0. The summed E-state index contributed by atoms with van der Waals surface area (Å²) >= 11 is 0. The van der Waals surface area contributed by atoms with Gasteiger partial charge in [0.25, 0.3) is 0 Å². The Morgan fingerprint density at radius 3 is 2.35 bits per heavy atom. The summed E-state index contributed by atoms with van der Waals surface area (Å²) in [6.45, 7) is 5.58. The SMILES string of the molecule is CC(C)C1(O)CN(C(=O)CC2(CN)CCC2)C1. The molecule has 0 aromatic heterocycles. The quantitative estimate of drug-likeness (QED) is 0.761. The Morgan fingerprint density at radius 2 is 2.00 bits per heavy atom. The highest BCUT2D eigenvalue weighted by Crippen LogP contribution is 2.44. The molecule has 0 aromatic carbocycles. The Kier molecular flexibility index (Phi) is 3.21. The van der Waals surface area contributed by atoms with Gasteiger partial charge in [0.15, 0.2) is 0 Å². The lowest BCUT2D eigenvalue weighted by atomic mass is 9.66. The van der Waals surface area contributed by atoms with E-state index in [-0.39, 0.29) is 17.2 Å². The average molecular weight is 240 g/mol. The van der Waals surface area contributed by atoms with Gasteiger partial charge in [0.05, 0.1) is 13.1 Å². The standard InChI is InChI=1S/C13H24N2O2/c1-10(2)13(17)8-15(9-13)11(16)6-12(7-14)4-3-5-12/h10,17H,3-9,14H2,1-2H3. The van der Waals surface area contributed by atoms with Crippen LogP contribution in [0.4, 0.5) is 0 Å². The van der Waals surface area contributed by atoms with Crippen molar-refractivity contribution in [3.05, 3.63) is 0 Å². The van der Waals surface area contributed by atoms with Gasteiger partial charge in [0.1, 0.15) is 5.60 Å². The molecule has 0 unspecified atom stereocenters. The van der Waals surface area contributed by atoms with Crippen LogP contribution in [0.15, 0.2) is 0 Å². The fourth-order valence-electron chi connectivity index (χ4n) is 2.72. The minimum Gasteiger partial charge on any atom is -0.386 e. The number of nitrogens with zero attached hydrogens (tertiary/aromatic N) is 1. The van der Waals surface area contributed by atoms with Crippen LogP contribution in [0.5, 0.6) is 0 Å². The first-order valence-electron chi connectivity index (χ1n) is 6.61. The zero-order chi connectivity index (χ0) is 12.7. The van der Waals surface area contributed by atoms with Crippen molar-refractivity contribution in [1.29, 1.82) is 0 Å². The fraction of sp³-hybridized carbons (Fsp3) is 0.923. The van der Waals surface area contributed by atoms with Crippen LogP contribution in [0.1, 0.15) is 39.5 Å². The third-order valence-corrected chi connectivity index (χ3v) is 4.73. The molecule has 2 fully saturated rings. The second kappa shape index (κ2) is 4.25. The molecular weight excluding hydrogens is 216 g/mol. The molecule has 1 saturated carbocycles. The van der Waals surface area contributed by atoms with Crippen LogP contribution in [0.25, 0.3) is 0 Å². The summed E-state index contributed by atoms with van der Waals surface area (Å²) in [7, 11) is 0. The van der Waals surface area contributed by atoms with Gasteiger partial charge in [-0.15, -0.1) is 0 Å². The molecule has 2 rings (SSSR count). The predicted molar refractivity (Wildman–Crippen MR) is 66.3 cm³/mol. The number of aliphatic hydroxyl groups is 1. The summed E-state index contributed by atoms with van der Waals surface area (Å²) in [6, 6.07) is 0. The molecule has 1 aliphatic heterocycles. The van der Waals surface area contributed by atoms with Gasteiger partial charge in [-0.25, -0.2) is 0 Å². The van der Waals surface area contributed by atoms with Gasteiger partial charge in [0.2, 0.25) is 5.91 Å². The zero-order valence-corrected chi connectivity index (χ0v) is 10.9. The number of carbonyl (C=O) groups is 1. The van der Waals surface area contributed by atoms with Gasteiger partial charge in [-0.3, -0.25) is 4.79 Å². The lowest BCUT2D eigenvalue weighted by Gasteiger charge is -2.50. The third kappa shape index (κ3) is 2.20. The lowest BCUT2D eigenvalue weighted by Crippen LogP contribution is -2.66. The molecule has 0 radical (unpaired) electrons. The second-order valence-corrected chi connectivity index (χ2v) is 6.24. The van der Waals surface area contributed by atoms with E-state index < -0.39 is 5.60 Å². The molecule has 1 saturated heterocycles. The monoisotopic (exact) mass is 240 g/mol. The van der Waals surface area contributed by atoms with E-state index in [1.54, 1.807) is 4.90 Å². The van der Waals surface area contributed by atoms with Crippen LogP contribution in [0, 0.1) is 11.3 Å². The summed E-state index contributed by atoms with van der Waals surface area (Å²) in [4.78, 5) is 13.8. The molecule has 4 heteroatoms. The molecule has 17 heavy (non-hydrogen) atoms. The van der Waals surface area contributed by atoms with Crippen molar-refractivity contribution < 1.29 is 9.90 Å². The van der Waals surface area contributed by atoms with Crippen molar-refractivity contribution in [2.24, 2.45) is 17.1 Å². The van der Waals surface area contributed by atoms with Gasteiger partial charge in [-0.05, 0) is 30.7 Å². The summed E-state index contributed by atoms with van der Waals surface area (Å²) in [5.41, 5.74) is 5.17. The molecule has 0 spiro atoms. The normalized spacial score (nSPS) is 25.4. The highest BCUT2D eigenvalue weighted by molar-refractivity contribution is 5.78. The minimum atomic E-state index is -0.662. The summed E-state index contributed by atoms with van der Waals surface area (Å²) in [5, 5.41) is 10.1. The zero-order valence-electron chi connectivity index (χ0n) is 10.9. The van der Waals surface area contributed by atoms with Crippen LogP contribution in [0.2, 0.25) is 0 Å². The maximum atomic E-state index is 12.1. The minimum absolute atomic E-state index is 0.0720. The molecule has 0 atom stereocenters. The van der Waals surface area contributed by atoms with E-state index in [4.69, 9.17) is 5.73 Å². The number of hydrogen-bond donors (Lipinski definition) is 2. The Morgan fingerprint density at radius 1 is 1.41 bits per heavy atom. The number of rotatable bonds is 4. The van der Waals surface area contributed by atoms with E-state index in [0.29, 0.717) is 26.1 Å². The lowest BCUT2D eigenvalue weighted by molar-refractivity contribution is -0.167. The molecule has 2 aliphatic rings. The van der Waals surface area contributed by atoms with Crippen LogP contribution < -0.4 is 5.73 Å². The maximum Gasteiger partial charge on any atom is 0.223 e. The topological polar surface area (TPSA) is 66.6 Å². The van der Waals surface area contributed by atoms with Crippen molar-refractivity contribution in [1.82, 2.24) is 4.90 Å². The number of likely N-dealkylation sites (tertiary alicyclic amines) is 1. The van der Waals surface area contributed by atoms with Gasteiger partial charge >= 0.3 is 0 Å². The highest BCUT2D eigenvalue weighted by atomic mass is 16.3. The van der Waals surface area contributed by atoms with E-state index in [1.807, 2.05) is 13.8 Å². The van der Waals surface area contributed by atoms with E-state index in [9.17, 15) is 9.90 Å². The van der Waals surface area contributed by atoms with Gasteiger partial charge in [-0.1, -0.05) is 20.3 Å². The predicted octanol–water partition coefficient (Wildman–Crippen LogP) is 0.735. The van der Waals surface area contributed by atoms with E-state index in [1.165, 1.54) is 6.42 Å². The molecule has 1 heterocycles. The van der Waals surface area contributed by atoms with Crippen LogP contribution in [-0.4, -0.2) is 41.1 Å². The van der Waals surface area contributed by atoms with Crippen molar-refractivity contribution in [3.63, 3.8) is 0 Å². The van der Waals surface area contributed by atoms with Crippen LogP contribution >= 0.6 is 0 Å². The Balaban J connectivity index is 1.83. The molecule has 0 aromatic rings. The number of amides is 1. The van der Waals surface area contributed by atoms with Crippen LogP contribution in [0.3, 0.4) is 0 Å². The third-order valence-electron chi connectivity index (χ3n) is 4.73. The van der Waals surface area contributed by atoms with E-state index >= 15 is 0 Å². The largest absolute Gasteiger partial charge is 0.386 e. The summed E-state index contributed by atoms with van der Waals surface area (Å²) in [6.07, 6.45) is 3.92. The van der Waals surface area contributed by atoms with Gasteiger partial charge in [0, 0.05) is 6.42 Å². The van der Waals surface area contributed by atoms with Gasteiger partial charge in [-0.2, -0.15) is 0 Å². The number of β-amino-alcohol motifs (C(OH)–C–C–N with tert-alkyl or cyclic N) is 1. The van der Waals surface area contributed by atoms with Crippen molar-refractivity contribution in [2.75, 3.05) is 19.6 Å². The first-order valence-corrected chi connectivity index (χ1v) is 6.61. The van der Waals surface area contributed by atoms with Crippen molar-refractivity contribution in [3.8, 4) is 0 Å². The van der Waals surface area contributed by atoms with Crippen molar-refractivity contribution >= 4 is 5.91 Å². The maximum absolute atomic E-state index is 12.1. The Labute approximate surface area is 103 Å². The summed E-state index contributed by atoms with van der Waals surface area (Å²) in [5.74, 6) is 0.374. The Hall–Kier alpha value is -0.610. The molecule has 3 N–H and O–H groups in total. The first kappa shape index (κ1) is 12.8. The smallest absolute Gasteiger partial charge is 0.223 e. The number of carbonyl (C=O) groups excluding carboxylic acids is 1. The molecular formula is C13H24N2O2.